The van der Waals surface area contributed by atoms with Crippen LogP contribution in [0, 0.1) is 12.7 Å². The Morgan fingerprint density at radius 3 is 2.64 bits per heavy atom. The molecule has 0 amide bonds. The monoisotopic (exact) mass is 374 g/mol. The summed E-state index contributed by atoms with van der Waals surface area (Å²) in [6.07, 6.45) is 7.50. The van der Waals surface area contributed by atoms with E-state index in [-0.39, 0.29) is 11.9 Å². The minimum atomic E-state index is -0.253. The summed E-state index contributed by atoms with van der Waals surface area (Å²) in [4.78, 5) is 20.1. The van der Waals surface area contributed by atoms with Crippen LogP contribution in [-0.2, 0) is 0 Å². The van der Waals surface area contributed by atoms with Crippen molar-refractivity contribution in [2.24, 2.45) is 0 Å². The van der Waals surface area contributed by atoms with E-state index >= 15 is 0 Å². The number of aryl methyl sites for hydroxylation is 1. The Balaban J connectivity index is 1.64. The van der Waals surface area contributed by atoms with E-state index in [0.717, 1.165) is 48.0 Å². The molecule has 6 nitrogen and oxygen atoms in total. The van der Waals surface area contributed by atoms with Crippen molar-refractivity contribution in [2.45, 2.75) is 25.8 Å². The summed E-state index contributed by atoms with van der Waals surface area (Å²) in [5.74, 6) is 2.08. The normalized spacial score (nSPS) is 16.8. The SMILES string of the molecule is Cc1nccc(N2CCCC2c2ccnc3ncc(-c4ccc(F)cc4)n23)n1. The van der Waals surface area contributed by atoms with E-state index in [0.29, 0.717) is 5.78 Å². The van der Waals surface area contributed by atoms with Gasteiger partial charge in [0.15, 0.2) is 0 Å². The van der Waals surface area contributed by atoms with E-state index < -0.39 is 0 Å². The maximum Gasteiger partial charge on any atom is 0.234 e. The Labute approximate surface area is 161 Å². The van der Waals surface area contributed by atoms with Gasteiger partial charge in [-0.3, -0.25) is 4.40 Å². The molecule has 4 aromatic rings. The van der Waals surface area contributed by atoms with E-state index in [1.807, 2.05) is 19.1 Å². The highest BCUT2D eigenvalue weighted by Gasteiger charge is 2.30. The summed E-state index contributed by atoms with van der Waals surface area (Å²) < 4.78 is 15.5. The van der Waals surface area contributed by atoms with Crippen molar-refractivity contribution < 1.29 is 4.39 Å². The molecular formula is C21H19FN6. The number of nitrogens with zero attached hydrogens (tertiary/aromatic N) is 6. The predicted octanol–water partition coefficient (Wildman–Crippen LogP) is 3.98. The first-order chi connectivity index (χ1) is 13.7. The van der Waals surface area contributed by atoms with Gasteiger partial charge in [0.1, 0.15) is 17.5 Å². The van der Waals surface area contributed by atoms with Crippen LogP contribution in [0.5, 0.6) is 0 Å². The van der Waals surface area contributed by atoms with Gasteiger partial charge >= 0.3 is 0 Å². The number of halogens is 1. The smallest absolute Gasteiger partial charge is 0.234 e. The van der Waals surface area contributed by atoms with Gasteiger partial charge in [-0.2, -0.15) is 0 Å². The summed E-state index contributed by atoms with van der Waals surface area (Å²) in [5.41, 5.74) is 2.92. The van der Waals surface area contributed by atoms with Crippen LogP contribution < -0.4 is 4.90 Å². The molecule has 1 aromatic carbocycles. The highest BCUT2D eigenvalue weighted by Crippen LogP contribution is 2.36. The van der Waals surface area contributed by atoms with Crippen molar-refractivity contribution >= 4 is 11.6 Å². The van der Waals surface area contributed by atoms with Crippen LogP contribution in [-0.4, -0.2) is 30.9 Å². The highest BCUT2D eigenvalue weighted by atomic mass is 19.1. The average molecular weight is 374 g/mol. The predicted molar refractivity (Wildman–Crippen MR) is 104 cm³/mol. The second-order valence-electron chi connectivity index (χ2n) is 6.97. The Kier molecular flexibility index (Phi) is 4.00. The Morgan fingerprint density at radius 2 is 1.82 bits per heavy atom. The van der Waals surface area contributed by atoms with E-state index in [1.54, 1.807) is 30.7 Å². The van der Waals surface area contributed by atoms with Gasteiger partial charge in [0.05, 0.1) is 23.6 Å². The Hall–Kier alpha value is -3.35. The van der Waals surface area contributed by atoms with Crippen molar-refractivity contribution in [1.82, 2.24) is 24.3 Å². The van der Waals surface area contributed by atoms with E-state index in [1.165, 1.54) is 12.1 Å². The molecule has 1 saturated heterocycles. The highest BCUT2D eigenvalue weighted by molar-refractivity contribution is 5.63. The number of hydrogen-bond acceptors (Lipinski definition) is 5. The minimum Gasteiger partial charge on any atom is -0.348 e. The van der Waals surface area contributed by atoms with Gasteiger partial charge in [0.25, 0.3) is 0 Å². The lowest BCUT2D eigenvalue weighted by Gasteiger charge is -2.27. The molecule has 1 fully saturated rings. The number of anilines is 1. The first-order valence-electron chi connectivity index (χ1n) is 9.35. The lowest BCUT2D eigenvalue weighted by molar-refractivity contribution is 0.628. The van der Waals surface area contributed by atoms with Gasteiger partial charge in [-0.15, -0.1) is 0 Å². The standard InChI is InChI=1S/C21H19FN6/c1-14-23-11-9-20(26-14)27-12-2-3-17(27)18-8-10-24-21-25-13-19(28(18)21)15-4-6-16(22)7-5-15/h4-11,13,17H,2-3,12H2,1H3. The molecule has 28 heavy (non-hydrogen) atoms. The van der Waals surface area contributed by atoms with Gasteiger partial charge < -0.3 is 4.90 Å². The molecule has 5 rings (SSSR count). The first kappa shape index (κ1) is 16.8. The molecule has 1 atom stereocenters. The lowest BCUT2D eigenvalue weighted by atomic mass is 10.1. The number of imidazole rings is 1. The zero-order chi connectivity index (χ0) is 19.1. The molecule has 7 heteroatoms. The third kappa shape index (κ3) is 2.79. The molecule has 1 aliphatic rings. The molecule has 0 saturated carbocycles. The molecule has 0 aliphatic carbocycles. The third-order valence-corrected chi connectivity index (χ3v) is 5.23. The van der Waals surface area contributed by atoms with Crippen molar-refractivity contribution in [1.29, 1.82) is 0 Å². The summed E-state index contributed by atoms with van der Waals surface area (Å²) in [6.45, 7) is 2.84. The second-order valence-corrected chi connectivity index (χ2v) is 6.97. The number of rotatable bonds is 3. The van der Waals surface area contributed by atoms with Crippen molar-refractivity contribution in [3.8, 4) is 11.3 Å². The van der Waals surface area contributed by atoms with Crippen LogP contribution >= 0.6 is 0 Å². The number of aromatic nitrogens is 5. The van der Waals surface area contributed by atoms with Gasteiger partial charge in [-0.05, 0) is 56.2 Å². The fourth-order valence-corrected chi connectivity index (χ4v) is 3.98. The summed E-state index contributed by atoms with van der Waals surface area (Å²) >= 11 is 0. The van der Waals surface area contributed by atoms with Crippen LogP contribution in [0.1, 0.15) is 30.4 Å². The van der Waals surface area contributed by atoms with E-state index in [2.05, 4.69) is 29.2 Å². The third-order valence-electron chi connectivity index (χ3n) is 5.23. The molecule has 4 heterocycles. The molecular weight excluding hydrogens is 355 g/mol. The maximum atomic E-state index is 13.4. The van der Waals surface area contributed by atoms with Crippen LogP contribution in [0.4, 0.5) is 10.2 Å². The van der Waals surface area contributed by atoms with Gasteiger partial charge in [0.2, 0.25) is 5.78 Å². The number of benzene rings is 1. The van der Waals surface area contributed by atoms with Crippen LogP contribution in [0.3, 0.4) is 0 Å². The molecule has 0 spiro atoms. The summed E-state index contributed by atoms with van der Waals surface area (Å²) in [5, 5.41) is 0. The molecule has 1 aliphatic heterocycles. The first-order valence-corrected chi connectivity index (χ1v) is 9.35. The molecule has 0 radical (unpaired) electrons. The minimum absolute atomic E-state index is 0.160. The van der Waals surface area contributed by atoms with Gasteiger partial charge in [-0.25, -0.2) is 24.3 Å². The fraction of sp³-hybridized carbons (Fsp3) is 0.238. The maximum absolute atomic E-state index is 13.4. The Bertz CT molecular complexity index is 1140. The average Bonchev–Trinajstić information content (AvgIpc) is 3.36. The quantitative estimate of drug-likeness (QED) is 0.543. The van der Waals surface area contributed by atoms with Crippen LogP contribution in [0.15, 0.2) is 55.0 Å². The van der Waals surface area contributed by atoms with Crippen molar-refractivity contribution in [3.05, 3.63) is 72.3 Å². The lowest BCUT2D eigenvalue weighted by Crippen LogP contribution is -2.25. The number of fused-ring (bicyclic) bond motifs is 1. The molecule has 3 aromatic heterocycles. The van der Waals surface area contributed by atoms with Crippen molar-refractivity contribution in [3.63, 3.8) is 0 Å². The van der Waals surface area contributed by atoms with Crippen molar-refractivity contribution in [2.75, 3.05) is 11.4 Å². The second kappa shape index (κ2) is 6.67. The molecule has 0 N–H and O–H groups in total. The number of hydrogen-bond donors (Lipinski definition) is 0. The van der Waals surface area contributed by atoms with Crippen LogP contribution in [0.25, 0.3) is 17.0 Å². The largest absolute Gasteiger partial charge is 0.348 e. The molecule has 140 valence electrons. The van der Waals surface area contributed by atoms with Crippen LogP contribution in [0.2, 0.25) is 0 Å². The van der Waals surface area contributed by atoms with Gasteiger partial charge in [0, 0.05) is 24.5 Å². The molecule has 1 unspecified atom stereocenters. The summed E-state index contributed by atoms with van der Waals surface area (Å²) in [6, 6.07) is 10.6. The Morgan fingerprint density at radius 1 is 1.00 bits per heavy atom. The van der Waals surface area contributed by atoms with Gasteiger partial charge in [-0.1, -0.05) is 0 Å². The fourth-order valence-electron chi connectivity index (χ4n) is 3.98. The summed E-state index contributed by atoms with van der Waals surface area (Å²) in [7, 11) is 0. The molecule has 0 bridgehead atoms. The zero-order valence-electron chi connectivity index (χ0n) is 15.5. The van der Waals surface area contributed by atoms with E-state index in [9.17, 15) is 4.39 Å². The van der Waals surface area contributed by atoms with E-state index in [4.69, 9.17) is 0 Å². The zero-order valence-corrected chi connectivity index (χ0v) is 15.5. The topological polar surface area (TPSA) is 59.2 Å².